The molecule has 0 saturated heterocycles. The molecule has 0 fully saturated rings. The molecule has 21 heavy (non-hydrogen) atoms. The Balaban J connectivity index is 1.72. The Hall–Kier alpha value is -1.11. The molecule has 5 nitrogen and oxygen atoms in total. The maximum Gasteiger partial charge on any atom is 0.253 e. The Morgan fingerprint density at radius 3 is 3.00 bits per heavy atom. The molecule has 0 aromatic carbocycles. The monoisotopic (exact) mass is 344 g/mol. The average Bonchev–Trinajstić information content (AvgIpc) is 3.01. The van der Waals surface area contributed by atoms with Crippen LogP contribution in [0, 0.1) is 0 Å². The third-order valence-electron chi connectivity index (χ3n) is 3.58. The predicted molar refractivity (Wildman–Crippen MR) is 83.3 cm³/mol. The highest BCUT2D eigenvalue weighted by molar-refractivity contribution is 7.20. The lowest BCUT2D eigenvalue weighted by atomic mass is 10.1. The Bertz CT molecular complexity index is 668. The summed E-state index contributed by atoms with van der Waals surface area (Å²) in [5.41, 5.74) is 0.442. The Kier molecular flexibility index (Phi) is 4.19. The molecule has 2 aromatic heterocycles. The number of amides is 1. The number of fused-ring (bicyclic) bond motifs is 1. The van der Waals surface area contributed by atoms with E-state index >= 15 is 0 Å². The fraction of sp³-hybridized carbons (Fsp3) is 0.462. The second kappa shape index (κ2) is 5.94. The summed E-state index contributed by atoms with van der Waals surface area (Å²) < 4.78 is 3.03. The second-order valence-electron chi connectivity index (χ2n) is 4.94. The van der Waals surface area contributed by atoms with Crippen molar-refractivity contribution in [3.05, 3.63) is 32.0 Å². The zero-order valence-corrected chi connectivity index (χ0v) is 13.7. The number of thiophene rings is 1. The zero-order chi connectivity index (χ0) is 15.0. The van der Waals surface area contributed by atoms with E-state index in [1.165, 1.54) is 11.3 Å². The van der Waals surface area contributed by atoms with Gasteiger partial charge in [0.15, 0.2) is 0 Å². The maximum absolute atomic E-state index is 12.3. The van der Waals surface area contributed by atoms with Gasteiger partial charge in [0.05, 0.1) is 9.90 Å². The molecule has 1 N–H and O–H groups in total. The van der Waals surface area contributed by atoms with Crippen LogP contribution < -0.4 is 5.32 Å². The summed E-state index contributed by atoms with van der Waals surface area (Å²) in [4.78, 5) is 12.3. The first-order valence-corrected chi connectivity index (χ1v) is 8.32. The third-order valence-corrected chi connectivity index (χ3v) is 5.06. The molecule has 0 aliphatic carbocycles. The summed E-state index contributed by atoms with van der Waals surface area (Å²) in [6.07, 6.45) is 2.50. The minimum Gasteiger partial charge on any atom is -0.347 e. The smallest absolute Gasteiger partial charge is 0.253 e. The Morgan fingerprint density at radius 2 is 2.33 bits per heavy atom. The van der Waals surface area contributed by atoms with Gasteiger partial charge >= 0.3 is 0 Å². The molecule has 0 bridgehead atoms. The maximum atomic E-state index is 12.3. The molecule has 1 aliphatic rings. The van der Waals surface area contributed by atoms with Gasteiger partial charge in [0.25, 0.3) is 5.91 Å². The normalized spacial score (nSPS) is 17.6. The van der Waals surface area contributed by atoms with E-state index in [4.69, 9.17) is 23.2 Å². The van der Waals surface area contributed by atoms with Crippen molar-refractivity contribution in [3.63, 3.8) is 0 Å². The molecule has 0 radical (unpaired) electrons. The number of carbonyl (C=O) groups excluding carboxylic acids is 1. The van der Waals surface area contributed by atoms with Gasteiger partial charge < -0.3 is 9.88 Å². The number of carbonyl (C=O) groups is 1. The standard InChI is InChI=1S/C13H14Cl2N4OS/c1-2-10-17-18-11-4-3-7(6-19(10)11)16-13(20)8-5-9(14)21-12(8)15/h5,7H,2-4,6H2,1H3,(H,16,20)/t7-/m1/s1. The number of hydrogen-bond donors (Lipinski definition) is 1. The van der Waals surface area contributed by atoms with Gasteiger partial charge in [-0.3, -0.25) is 4.79 Å². The van der Waals surface area contributed by atoms with Crippen molar-refractivity contribution >= 4 is 40.4 Å². The number of hydrogen-bond acceptors (Lipinski definition) is 4. The van der Waals surface area contributed by atoms with Crippen LogP contribution in [0.25, 0.3) is 0 Å². The van der Waals surface area contributed by atoms with Gasteiger partial charge in [0, 0.05) is 25.4 Å². The topological polar surface area (TPSA) is 59.8 Å². The lowest BCUT2D eigenvalue weighted by molar-refractivity contribution is 0.0928. The lowest BCUT2D eigenvalue weighted by Gasteiger charge is -2.25. The molecular weight excluding hydrogens is 331 g/mol. The van der Waals surface area contributed by atoms with Crippen LogP contribution in [0.4, 0.5) is 0 Å². The van der Waals surface area contributed by atoms with Crippen molar-refractivity contribution in [2.24, 2.45) is 0 Å². The first-order valence-electron chi connectivity index (χ1n) is 6.75. The molecular formula is C13H14Cl2N4OS. The van der Waals surface area contributed by atoms with E-state index in [2.05, 4.69) is 20.1 Å². The number of aryl methyl sites for hydroxylation is 2. The molecule has 1 aliphatic heterocycles. The molecule has 0 unspecified atom stereocenters. The molecule has 0 saturated carbocycles. The van der Waals surface area contributed by atoms with Crippen LogP contribution in [0.2, 0.25) is 8.67 Å². The van der Waals surface area contributed by atoms with Crippen LogP contribution in [-0.2, 0) is 19.4 Å². The van der Waals surface area contributed by atoms with Crippen molar-refractivity contribution in [2.75, 3.05) is 0 Å². The number of halogens is 2. The minimum absolute atomic E-state index is 0.0565. The summed E-state index contributed by atoms with van der Waals surface area (Å²) in [7, 11) is 0. The summed E-state index contributed by atoms with van der Waals surface area (Å²) >= 11 is 13.1. The fourth-order valence-electron chi connectivity index (χ4n) is 2.52. The molecule has 112 valence electrons. The summed E-state index contributed by atoms with van der Waals surface area (Å²) in [5.74, 6) is 1.78. The molecule has 1 atom stereocenters. The summed E-state index contributed by atoms with van der Waals surface area (Å²) in [6, 6.07) is 1.66. The van der Waals surface area contributed by atoms with Crippen molar-refractivity contribution < 1.29 is 4.79 Å². The van der Waals surface area contributed by atoms with Crippen LogP contribution in [0.5, 0.6) is 0 Å². The van der Waals surface area contributed by atoms with Gasteiger partial charge in [-0.15, -0.1) is 21.5 Å². The van der Waals surface area contributed by atoms with E-state index in [0.29, 0.717) is 20.8 Å². The van der Waals surface area contributed by atoms with E-state index in [1.807, 2.05) is 6.92 Å². The van der Waals surface area contributed by atoms with Gasteiger partial charge in [0.2, 0.25) is 0 Å². The van der Waals surface area contributed by atoms with Gasteiger partial charge in [-0.1, -0.05) is 30.1 Å². The van der Waals surface area contributed by atoms with Crippen LogP contribution >= 0.6 is 34.5 Å². The highest BCUT2D eigenvalue weighted by Crippen LogP contribution is 2.31. The Labute approximate surface area is 136 Å². The third kappa shape index (κ3) is 2.93. The van der Waals surface area contributed by atoms with E-state index < -0.39 is 0 Å². The Morgan fingerprint density at radius 1 is 1.52 bits per heavy atom. The van der Waals surface area contributed by atoms with Gasteiger partial charge in [-0.05, 0) is 12.5 Å². The van der Waals surface area contributed by atoms with E-state index in [1.54, 1.807) is 6.07 Å². The van der Waals surface area contributed by atoms with Crippen LogP contribution in [0.3, 0.4) is 0 Å². The van der Waals surface area contributed by atoms with Gasteiger partial charge in [-0.2, -0.15) is 0 Å². The van der Waals surface area contributed by atoms with Crippen LogP contribution in [0.15, 0.2) is 6.07 Å². The zero-order valence-electron chi connectivity index (χ0n) is 11.4. The van der Waals surface area contributed by atoms with Crippen molar-refractivity contribution in [2.45, 2.75) is 38.8 Å². The largest absolute Gasteiger partial charge is 0.347 e. The summed E-state index contributed by atoms with van der Waals surface area (Å²) in [6.45, 7) is 2.75. The number of nitrogens with one attached hydrogen (secondary N) is 1. The number of aromatic nitrogens is 3. The summed E-state index contributed by atoms with van der Waals surface area (Å²) in [5, 5.41) is 11.4. The minimum atomic E-state index is -0.178. The lowest BCUT2D eigenvalue weighted by Crippen LogP contribution is -2.41. The fourth-order valence-corrected chi connectivity index (χ4v) is 3.98. The van der Waals surface area contributed by atoms with E-state index in [9.17, 15) is 4.79 Å². The molecule has 3 heterocycles. The van der Waals surface area contributed by atoms with Gasteiger partial charge in [0.1, 0.15) is 16.0 Å². The average molecular weight is 345 g/mol. The highest BCUT2D eigenvalue weighted by atomic mass is 35.5. The molecule has 1 amide bonds. The van der Waals surface area contributed by atoms with Crippen molar-refractivity contribution in [3.8, 4) is 0 Å². The highest BCUT2D eigenvalue weighted by Gasteiger charge is 2.25. The van der Waals surface area contributed by atoms with Crippen molar-refractivity contribution in [1.82, 2.24) is 20.1 Å². The molecule has 3 rings (SSSR count). The first kappa shape index (κ1) is 14.8. The predicted octanol–water partition coefficient (Wildman–Crippen LogP) is 2.95. The molecule has 2 aromatic rings. The quantitative estimate of drug-likeness (QED) is 0.930. The van der Waals surface area contributed by atoms with Crippen molar-refractivity contribution in [1.29, 1.82) is 0 Å². The van der Waals surface area contributed by atoms with Gasteiger partial charge in [-0.25, -0.2) is 0 Å². The van der Waals surface area contributed by atoms with E-state index in [-0.39, 0.29) is 11.9 Å². The first-order chi connectivity index (χ1) is 10.1. The second-order valence-corrected chi connectivity index (χ2v) is 7.23. The van der Waals surface area contributed by atoms with E-state index in [0.717, 1.165) is 30.9 Å². The molecule has 8 heteroatoms. The number of rotatable bonds is 3. The molecule has 0 spiro atoms. The van der Waals surface area contributed by atoms with Crippen LogP contribution in [-0.4, -0.2) is 26.7 Å². The number of nitrogens with zero attached hydrogens (tertiary/aromatic N) is 3. The SMILES string of the molecule is CCc1nnc2n1C[C@H](NC(=O)c1cc(Cl)sc1Cl)CC2. The van der Waals surface area contributed by atoms with Crippen LogP contribution in [0.1, 0.15) is 35.4 Å².